The monoisotopic (exact) mass is 313 g/mol. The fraction of sp³-hybridized carbons (Fsp3) is 0.615. The lowest BCUT2D eigenvalue weighted by atomic mass is 10.0. The summed E-state index contributed by atoms with van der Waals surface area (Å²) in [5, 5.41) is 8.17. The molecule has 0 spiro atoms. The second kappa shape index (κ2) is 6.18. The number of hydrogen-bond donors (Lipinski definition) is 1. The van der Waals surface area contributed by atoms with Gasteiger partial charge in [0.15, 0.2) is 0 Å². The fourth-order valence-corrected chi connectivity index (χ4v) is 3.17. The molecule has 2 heterocycles. The summed E-state index contributed by atoms with van der Waals surface area (Å²) in [6, 6.07) is 0. The van der Waals surface area contributed by atoms with E-state index in [1.54, 1.807) is 4.52 Å². The Kier molecular flexibility index (Phi) is 4.75. The Bertz CT molecular complexity index is 585. The number of nitrogens with one attached hydrogen (secondary N) is 1. The molecular weight excluding hydrogens is 294 g/mol. The van der Waals surface area contributed by atoms with Gasteiger partial charge in [0, 0.05) is 16.9 Å². The lowest BCUT2D eigenvalue weighted by molar-refractivity contribution is 0.572. The molecule has 7 heteroatoms. The number of anilines is 1. The molecule has 2 aromatic heterocycles. The highest BCUT2D eigenvalue weighted by Crippen LogP contribution is 2.31. The van der Waals surface area contributed by atoms with Gasteiger partial charge in [0.05, 0.1) is 0 Å². The van der Waals surface area contributed by atoms with Crippen molar-refractivity contribution in [1.29, 1.82) is 0 Å². The number of rotatable bonds is 6. The van der Waals surface area contributed by atoms with Crippen LogP contribution in [0.5, 0.6) is 0 Å². The quantitative estimate of drug-likeness (QED) is 0.828. The smallest absolute Gasteiger partial charge is 0.255 e. The maximum absolute atomic E-state index is 6.16. The van der Waals surface area contributed by atoms with E-state index < -0.39 is 0 Å². The number of halogens is 1. The summed E-state index contributed by atoms with van der Waals surface area (Å²) in [5.74, 6) is 1.39. The van der Waals surface area contributed by atoms with Crippen LogP contribution in [0.3, 0.4) is 0 Å². The Hall–Kier alpha value is -1.01. The van der Waals surface area contributed by atoms with Crippen LogP contribution >= 0.6 is 23.4 Å². The Labute approximate surface area is 128 Å². The van der Waals surface area contributed by atoms with E-state index in [9.17, 15) is 0 Å². The van der Waals surface area contributed by atoms with E-state index in [1.807, 2.05) is 18.7 Å². The predicted octanol–water partition coefficient (Wildman–Crippen LogP) is 3.42. The summed E-state index contributed by atoms with van der Waals surface area (Å²) in [5.41, 5.74) is 0.895. The molecule has 1 N–H and O–H groups in total. The molecule has 20 heavy (non-hydrogen) atoms. The molecular formula is C13H20ClN5S. The Balaban J connectivity index is 2.34. The Morgan fingerprint density at radius 3 is 2.70 bits per heavy atom. The van der Waals surface area contributed by atoms with Crippen molar-refractivity contribution in [2.24, 2.45) is 0 Å². The third kappa shape index (κ3) is 2.72. The first-order valence-corrected chi connectivity index (χ1v) is 8.32. The van der Waals surface area contributed by atoms with E-state index in [0.717, 1.165) is 30.8 Å². The molecule has 0 aliphatic carbocycles. The van der Waals surface area contributed by atoms with Gasteiger partial charge in [-0.1, -0.05) is 25.4 Å². The van der Waals surface area contributed by atoms with Crippen molar-refractivity contribution in [3.8, 4) is 0 Å². The average Bonchev–Trinajstić information content (AvgIpc) is 2.92. The molecule has 0 saturated carbocycles. The summed E-state index contributed by atoms with van der Waals surface area (Å²) in [7, 11) is 0. The predicted molar refractivity (Wildman–Crippen MR) is 85.8 cm³/mol. The van der Waals surface area contributed by atoms with Crippen LogP contribution in [0, 0.1) is 6.92 Å². The summed E-state index contributed by atoms with van der Waals surface area (Å²) in [6.07, 6.45) is 5.86. The van der Waals surface area contributed by atoms with Crippen LogP contribution in [0.4, 0.5) is 5.82 Å². The lowest BCUT2D eigenvalue weighted by Crippen LogP contribution is -2.32. The number of aromatic nitrogens is 4. The molecule has 0 bridgehead atoms. The second-order valence-electron chi connectivity index (χ2n) is 4.80. The first kappa shape index (κ1) is 15.4. The van der Waals surface area contributed by atoms with Gasteiger partial charge in [0.25, 0.3) is 5.78 Å². The number of nitrogens with zero attached hydrogens (tertiary/aromatic N) is 4. The van der Waals surface area contributed by atoms with Gasteiger partial charge in [0.2, 0.25) is 0 Å². The summed E-state index contributed by atoms with van der Waals surface area (Å²) in [4.78, 5) is 8.31. The Morgan fingerprint density at radius 2 is 2.10 bits per heavy atom. The molecule has 0 saturated heterocycles. The first-order chi connectivity index (χ1) is 9.56. The molecule has 2 aromatic rings. The maximum Gasteiger partial charge on any atom is 0.255 e. The van der Waals surface area contributed by atoms with Gasteiger partial charge in [-0.2, -0.15) is 31.3 Å². The van der Waals surface area contributed by atoms with Crippen LogP contribution in [0.25, 0.3) is 5.78 Å². The van der Waals surface area contributed by atoms with E-state index in [0.29, 0.717) is 10.9 Å². The fourth-order valence-electron chi connectivity index (χ4n) is 2.21. The van der Waals surface area contributed by atoms with Gasteiger partial charge >= 0.3 is 0 Å². The van der Waals surface area contributed by atoms with Gasteiger partial charge in [-0.05, 0) is 26.0 Å². The van der Waals surface area contributed by atoms with Crippen molar-refractivity contribution in [2.45, 2.75) is 38.4 Å². The van der Waals surface area contributed by atoms with Crippen molar-refractivity contribution >= 4 is 35.0 Å². The van der Waals surface area contributed by atoms with Gasteiger partial charge in [-0.3, -0.25) is 0 Å². The molecule has 5 nitrogen and oxygen atoms in total. The van der Waals surface area contributed by atoms with Crippen LogP contribution in [-0.2, 0) is 0 Å². The van der Waals surface area contributed by atoms with E-state index in [1.165, 1.54) is 6.33 Å². The highest BCUT2D eigenvalue weighted by Gasteiger charge is 2.25. The SMILES string of the molecule is CCC(CC)(CNc1c(C)c(Cl)nc2ncnn12)SC. The molecule has 0 amide bonds. The first-order valence-electron chi connectivity index (χ1n) is 6.71. The molecule has 0 unspecified atom stereocenters. The van der Waals surface area contributed by atoms with Crippen LogP contribution in [0.15, 0.2) is 6.33 Å². The van der Waals surface area contributed by atoms with Gasteiger partial charge in [0.1, 0.15) is 17.3 Å². The Morgan fingerprint density at radius 1 is 1.40 bits per heavy atom. The van der Waals surface area contributed by atoms with Crippen molar-refractivity contribution in [3.63, 3.8) is 0 Å². The van der Waals surface area contributed by atoms with Gasteiger partial charge in [-0.15, -0.1) is 0 Å². The molecule has 0 fully saturated rings. The molecule has 110 valence electrons. The van der Waals surface area contributed by atoms with Crippen molar-refractivity contribution in [3.05, 3.63) is 17.0 Å². The van der Waals surface area contributed by atoms with Gasteiger partial charge < -0.3 is 5.32 Å². The van der Waals surface area contributed by atoms with Crippen LogP contribution in [0.1, 0.15) is 32.3 Å². The van der Waals surface area contributed by atoms with Crippen LogP contribution < -0.4 is 5.32 Å². The standard InChI is InChI=1S/C13H20ClN5S/c1-5-13(6-2,20-4)7-15-11-9(3)10(14)18-12-16-8-17-19(11)12/h8,15H,5-7H2,1-4H3. The normalized spacial score (nSPS) is 12.1. The molecule has 0 aliphatic heterocycles. The molecule has 0 radical (unpaired) electrons. The average molecular weight is 314 g/mol. The third-order valence-electron chi connectivity index (χ3n) is 3.90. The van der Waals surface area contributed by atoms with Crippen LogP contribution in [0.2, 0.25) is 5.15 Å². The zero-order valence-corrected chi connectivity index (χ0v) is 13.8. The van der Waals surface area contributed by atoms with E-state index >= 15 is 0 Å². The minimum atomic E-state index is 0.217. The van der Waals surface area contributed by atoms with Crippen molar-refractivity contribution in [2.75, 3.05) is 18.1 Å². The lowest BCUT2D eigenvalue weighted by Gasteiger charge is -2.30. The maximum atomic E-state index is 6.16. The minimum Gasteiger partial charge on any atom is -0.368 e. The number of fused-ring (bicyclic) bond motifs is 1. The summed E-state index contributed by atoms with van der Waals surface area (Å²) in [6.45, 7) is 7.24. The van der Waals surface area contributed by atoms with Crippen LogP contribution in [-0.4, -0.2) is 37.1 Å². The van der Waals surface area contributed by atoms with E-state index in [4.69, 9.17) is 11.6 Å². The highest BCUT2D eigenvalue weighted by atomic mass is 35.5. The van der Waals surface area contributed by atoms with Gasteiger partial charge in [-0.25, -0.2) is 0 Å². The van der Waals surface area contributed by atoms with E-state index in [2.05, 4.69) is 40.5 Å². The molecule has 0 aliphatic rings. The molecule has 2 rings (SSSR count). The third-order valence-corrected chi connectivity index (χ3v) is 5.86. The number of hydrogen-bond acceptors (Lipinski definition) is 5. The van der Waals surface area contributed by atoms with Crippen molar-refractivity contribution in [1.82, 2.24) is 19.6 Å². The zero-order valence-electron chi connectivity index (χ0n) is 12.3. The highest BCUT2D eigenvalue weighted by molar-refractivity contribution is 8.00. The summed E-state index contributed by atoms with van der Waals surface area (Å²) < 4.78 is 1.92. The van der Waals surface area contributed by atoms with E-state index in [-0.39, 0.29) is 4.75 Å². The minimum absolute atomic E-state index is 0.217. The molecule has 0 atom stereocenters. The van der Waals surface area contributed by atoms with Crippen molar-refractivity contribution < 1.29 is 0 Å². The second-order valence-corrected chi connectivity index (χ2v) is 6.43. The zero-order chi connectivity index (χ0) is 14.8. The largest absolute Gasteiger partial charge is 0.368 e. The molecule has 0 aromatic carbocycles. The number of thioether (sulfide) groups is 1. The topological polar surface area (TPSA) is 55.1 Å². The summed E-state index contributed by atoms with van der Waals surface area (Å²) >= 11 is 8.06.